The third-order valence-electron chi connectivity index (χ3n) is 3.50. The predicted molar refractivity (Wildman–Crippen MR) is 58.9 cm³/mol. The molecule has 1 fully saturated rings. The first-order chi connectivity index (χ1) is 6.30. The standard InChI is InChI=1S/C12H25N/c1-11-7-3-5-9-13-10-6-4-8-12(11)2/h11-13H,3-10H2,1-2H3. The van der Waals surface area contributed by atoms with E-state index in [-0.39, 0.29) is 0 Å². The van der Waals surface area contributed by atoms with Crippen molar-refractivity contribution in [3.05, 3.63) is 0 Å². The lowest BCUT2D eigenvalue weighted by Gasteiger charge is -2.18. The van der Waals surface area contributed by atoms with Gasteiger partial charge in [-0.25, -0.2) is 0 Å². The molecule has 0 amide bonds. The summed E-state index contributed by atoms with van der Waals surface area (Å²) in [6.07, 6.45) is 8.44. The van der Waals surface area contributed by atoms with E-state index in [4.69, 9.17) is 0 Å². The van der Waals surface area contributed by atoms with Gasteiger partial charge in [0.05, 0.1) is 0 Å². The van der Waals surface area contributed by atoms with Gasteiger partial charge < -0.3 is 5.32 Å². The zero-order valence-electron chi connectivity index (χ0n) is 9.31. The predicted octanol–water partition coefficient (Wildman–Crippen LogP) is 3.20. The van der Waals surface area contributed by atoms with Crippen LogP contribution in [0.1, 0.15) is 52.4 Å². The summed E-state index contributed by atoms with van der Waals surface area (Å²) in [5, 5.41) is 3.51. The Morgan fingerprint density at radius 1 is 0.769 bits per heavy atom. The van der Waals surface area contributed by atoms with Crippen molar-refractivity contribution in [2.24, 2.45) is 11.8 Å². The lowest BCUT2D eigenvalue weighted by atomic mass is 9.87. The number of hydrogen-bond donors (Lipinski definition) is 1. The molecule has 0 aromatic carbocycles. The van der Waals surface area contributed by atoms with Crippen molar-refractivity contribution in [1.82, 2.24) is 5.32 Å². The second-order valence-corrected chi connectivity index (χ2v) is 4.70. The molecule has 1 nitrogen and oxygen atoms in total. The summed E-state index contributed by atoms with van der Waals surface area (Å²) in [6, 6.07) is 0. The lowest BCUT2D eigenvalue weighted by Crippen LogP contribution is -2.16. The smallest absolute Gasteiger partial charge is 0.00489 e. The normalized spacial score (nSPS) is 33.7. The molecule has 1 rings (SSSR count). The summed E-state index contributed by atoms with van der Waals surface area (Å²) >= 11 is 0. The summed E-state index contributed by atoms with van der Waals surface area (Å²) in [4.78, 5) is 0. The van der Waals surface area contributed by atoms with Gasteiger partial charge in [-0.1, -0.05) is 39.5 Å². The number of nitrogens with one attached hydrogen (secondary N) is 1. The zero-order chi connectivity index (χ0) is 9.52. The molecule has 1 aliphatic rings. The van der Waals surface area contributed by atoms with Crippen molar-refractivity contribution in [2.75, 3.05) is 13.1 Å². The second-order valence-electron chi connectivity index (χ2n) is 4.70. The average Bonchev–Trinajstić information content (AvgIpc) is 2.16. The van der Waals surface area contributed by atoms with E-state index in [1.807, 2.05) is 0 Å². The summed E-state index contributed by atoms with van der Waals surface area (Å²) < 4.78 is 0. The van der Waals surface area contributed by atoms with Gasteiger partial charge in [0.15, 0.2) is 0 Å². The van der Waals surface area contributed by atoms with E-state index in [2.05, 4.69) is 19.2 Å². The summed E-state index contributed by atoms with van der Waals surface area (Å²) in [7, 11) is 0. The van der Waals surface area contributed by atoms with Crippen LogP contribution in [0.4, 0.5) is 0 Å². The molecule has 1 heterocycles. The molecule has 1 saturated heterocycles. The van der Waals surface area contributed by atoms with E-state index in [9.17, 15) is 0 Å². The van der Waals surface area contributed by atoms with Gasteiger partial charge in [-0.3, -0.25) is 0 Å². The maximum atomic E-state index is 3.51. The maximum absolute atomic E-state index is 3.51. The highest BCUT2D eigenvalue weighted by atomic mass is 14.8. The fourth-order valence-corrected chi connectivity index (χ4v) is 2.13. The highest BCUT2D eigenvalue weighted by Crippen LogP contribution is 2.22. The molecule has 0 spiro atoms. The summed E-state index contributed by atoms with van der Waals surface area (Å²) in [5.74, 6) is 1.89. The highest BCUT2D eigenvalue weighted by molar-refractivity contribution is 4.64. The zero-order valence-corrected chi connectivity index (χ0v) is 9.31. The molecule has 0 saturated carbocycles. The van der Waals surface area contributed by atoms with E-state index in [0.717, 1.165) is 11.8 Å². The topological polar surface area (TPSA) is 12.0 Å². The molecule has 0 aromatic heterocycles. The van der Waals surface area contributed by atoms with E-state index >= 15 is 0 Å². The van der Waals surface area contributed by atoms with Crippen molar-refractivity contribution in [2.45, 2.75) is 52.4 Å². The molecule has 2 atom stereocenters. The van der Waals surface area contributed by atoms with Gasteiger partial charge in [0.2, 0.25) is 0 Å². The van der Waals surface area contributed by atoms with Crippen LogP contribution in [0, 0.1) is 11.8 Å². The molecule has 0 aliphatic carbocycles. The van der Waals surface area contributed by atoms with Gasteiger partial charge in [-0.05, 0) is 37.8 Å². The molecule has 13 heavy (non-hydrogen) atoms. The lowest BCUT2D eigenvalue weighted by molar-refractivity contribution is 0.330. The molecular formula is C12H25N. The van der Waals surface area contributed by atoms with Crippen molar-refractivity contribution >= 4 is 0 Å². The van der Waals surface area contributed by atoms with Crippen LogP contribution in [0.5, 0.6) is 0 Å². The van der Waals surface area contributed by atoms with Gasteiger partial charge in [0.25, 0.3) is 0 Å². The Kier molecular flexibility index (Phi) is 5.45. The Labute approximate surface area is 83.3 Å². The monoisotopic (exact) mass is 183 g/mol. The third-order valence-corrected chi connectivity index (χ3v) is 3.50. The van der Waals surface area contributed by atoms with Crippen LogP contribution in [0.25, 0.3) is 0 Å². The molecule has 0 bridgehead atoms. The van der Waals surface area contributed by atoms with Crippen molar-refractivity contribution in [1.29, 1.82) is 0 Å². The van der Waals surface area contributed by atoms with Crippen LogP contribution >= 0.6 is 0 Å². The molecular weight excluding hydrogens is 158 g/mol. The Morgan fingerprint density at radius 3 is 1.69 bits per heavy atom. The quantitative estimate of drug-likeness (QED) is 0.608. The first-order valence-corrected chi connectivity index (χ1v) is 6.01. The third kappa shape index (κ3) is 4.66. The van der Waals surface area contributed by atoms with Crippen LogP contribution < -0.4 is 5.32 Å². The molecule has 0 radical (unpaired) electrons. The Bertz CT molecular complexity index is 108. The van der Waals surface area contributed by atoms with Crippen LogP contribution in [-0.2, 0) is 0 Å². The molecule has 1 heteroatoms. The number of rotatable bonds is 0. The maximum Gasteiger partial charge on any atom is -0.00489 e. The summed E-state index contributed by atoms with van der Waals surface area (Å²) in [6.45, 7) is 7.33. The van der Waals surface area contributed by atoms with Gasteiger partial charge in [0, 0.05) is 0 Å². The van der Waals surface area contributed by atoms with Gasteiger partial charge >= 0.3 is 0 Å². The Hall–Kier alpha value is -0.0400. The van der Waals surface area contributed by atoms with Crippen molar-refractivity contribution in [3.8, 4) is 0 Å². The fourth-order valence-electron chi connectivity index (χ4n) is 2.13. The van der Waals surface area contributed by atoms with Gasteiger partial charge in [-0.2, -0.15) is 0 Å². The molecule has 2 unspecified atom stereocenters. The van der Waals surface area contributed by atoms with Crippen LogP contribution in [0.3, 0.4) is 0 Å². The fraction of sp³-hybridized carbons (Fsp3) is 1.00. The van der Waals surface area contributed by atoms with E-state index in [1.54, 1.807) is 0 Å². The Morgan fingerprint density at radius 2 is 1.23 bits per heavy atom. The van der Waals surface area contributed by atoms with Gasteiger partial charge in [0.1, 0.15) is 0 Å². The van der Waals surface area contributed by atoms with Crippen molar-refractivity contribution < 1.29 is 0 Å². The number of hydrogen-bond acceptors (Lipinski definition) is 1. The van der Waals surface area contributed by atoms with Crippen molar-refractivity contribution in [3.63, 3.8) is 0 Å². The Balaban J connectivity index is 2.26. The molecule has 78 valence electrons. The summed E-state index contributed by atoms with van der Waals surface area (Å²) in [5.41, 5.74) is 0. The molecule has 1 N–H and O–H groups in total. The first-order valence-electron chi connectivity index (χ1n) is 6.01. The second kappa shape index (κ2) is 6.42. The van der Waals surface area contributed by atoms with Crippen LogP contribution in [-0.4, -0.2) is 13.1 Å². The minimum atomic E-state index is 0.943. The molecule has 0 aromatic rings. The van der Waals surface area contributed by atoms with E-state index in [0.29, 0.717) is 0 Å². The SMILES string of the molecule is CC1CCCCNCCCCC1C. The van der Waals surface area contributed by atoms with Crippen LogP contribution in [0.2, 0.25) is 0 Å². The van der Waals surface area contributed by atoms with E-state index < -0.39 is 0 Å². The highest BCUT2D eigenvalue weighted by Gasteiger charge is 2.11. The van der Waals surface area contributed by atoms with E-state index in [1.165, 1.54) is 51.6 Å². The van der Waals surface area contributed by atoms with Gasteiger partial charge in [-0.15, -0.1) is 0 Å². The molecule has 1 aliphatic heterocycles. The minimum absolute atomic E-state index is 0.943. The average molecular weight is 183 g/mol. The van der Waals surface area contributed by atoms with Crippen LogP contribution in [0.15, 0.2) is 0 Å². The first kappa shape index (κ1) is 11.0. The minimum Gasteiger partial charge on any atom is -0.317 e. The largest absolute Gasteiger partial charge is 0.317 e.